The number of aryl methyl sites for hydroxylation is 2. The maximum absolute atomic E-state index is 13.5. The molecule has 1 aliphatic rings. The average molecular weight is 453 g/mol. The van der Waals surface area contributed by atoms with Crippen molar-refractivity contribution in [1.29, 1.82) is 0 Å². The van der Waals surface area contributed by atoms with Crippen LogP contribution in [0.25, 0.3) is 0 Å². The van der Waals surface area contributed by atoms with Gasteiger partial charge in [0.1, 0.15) is 11.5 Å². The standard InChI is InChI=1S/C24H24N2O5S/c1-16-8-9-18(14-17(16)2)25-24(27)23-15-26(21-6-4-5-7-22(21)31-23)32(28,29)20-12-10-19(30-3)11-13-20/h4-14,23H,15H2,1-3H3,(H,25,27)/t23-/m0/s1. The number of ether oxygens (including phenoxy) is 2. The molecule has 0 aliphatic carbocycles. The summed E-state index contributed by atoms with van der Waals surface area (Å²) in [5.41, 5.74) is 3.17. The molecule has 3 aromatic carbocycles. The number of nitrogens with one attached hydrogen (secondary N) is 1. The molecule has 0 unspecified atom stereocenters. The van der Waals surface area contributed by atoms with E-state index in [1.54, 1.807) is 36.4 Å². The molecule has 4 rings (SSSR count). The molecule has 7 nitrogen and oxygen atoms in total. The van der Waals surface area contributed by atoms with Crippen LogP contribution in [0.5, 0.6) is 11.5 Å². The van der Waals surface area contributed by atoms with Gasteiger partial charge in [0.05, 0.1) is 24.2 Å². The Morgan fingerprint density at radius 1 is 1.03 bits per heavy atom. The number of nitrogens with zero attached hydrogens (tertiary/aromatic N) is 1. The van der Waals surface area contributed by atoms with E-state index in [4.69, 9.17) is 9.47 Å². The van der Waals surface area contributed by atoms with Crippen LogP contribution in [-0.4, -0.2) is 34.1 Å². The number of methoxy groups -OCH3 is 1. The number of amides is 1. The Morgan fingerprint density at radius 2 is 1.75 bits per heavy atom. The number of fused-ring (bicyclic) bond motifs is 1. The minimum absolute atomic E-state index is 0.100. The summed E-state index contributed by atoms with van der Waals surface area (Å²) in [6, 6.07) is 18.5. The Kier molecular flexibility index (Phi) is 5.80. The van der Waals surface area contributed by atoms with E-state index in [1.165, 1.54) is 23.5 Å². The molecule has 0 bridgehead atoms. The zero-order valence-electron chi connectivity index (χ0n) is 18.0. The van der Waals surface area contributed by atoms with Crippen molar-refractivity contribution in [3.8, 4) is 11.5 Å². The summed E-state index contributed by atoms with van der Waals surface area (Å²) in [6.07, 6.45) is -1.01. The number of para-hydroxylation sites is 2. The quantitative estimate of drug-likeness (QED) is 0.635. The van der Waals surface area contributed by atoms with Crippen LogP contribution in [0.15, 0.2) is 71.6 Å². The van der Waals surface area contributed by atoms with Crippen LogP contribution < -0.4 is 19.1 Å². The highest BCUT2D eigenvalue weighted by atomic mass is 32.2. The number of anilines is 2. The van der Waals surface area contributed by atoms with Gasteiger partial charge in [0.25, 0.3) is 15.9 Å². The Balaban J connectivity index is 1.65. The predicted octanol–water partition coefficient (Wildman–Crippen LogP) is 3.91. The van der Waals surface area contributed by atoms with Gasteiger partial charge in [0.2, 0.25) is 0 Å². The van der Waals surface area contributed by atoms with Crippen LogP contribution in [0, 0.1) is 13.8 Å². The van der Waals surface area contributed by atoms with Gasteiger partial charge in [-0.05, 0) is 73.5 Å². The number of hydrogen-bond acceptors (Lipinski definition) is 5. The fourth-order valence-corrected chi connectivity index (χ4v) is 4.96. The number of carbonyl (C=O) groups is 1. The minimum atomic E-state index is -3.93. The second kappa shape index (κ2) is 8.55. The molecule has 0 radical (unpaired) electrons. The molecule has 1 aliphatic heterocycles. The molecule has 1 atom stereocenters. The van der Waals surface area contributed by atoms with Gasteiger partial charge in [-0.1, -0.05) is 18.2 Å². The van der Waals surface area contributed by atoms with Crippen molar-refractivity contribution >= 4 is 27.3 Å². The van der Waals surface area contributed by atoms with Gasteiger partial charge in [-0.2, -0.15) is 0 Å². The fraction of sp³-hybridized carbons (Fsp3) is 0.208. The summed E-state index contributed by atoms with van der Waals surface area (Å²) in [4.78, 5) is 13.1. The number of sulfonamides is 1. The predicted molar refractivity (Wildman–Crippen MR) is 123 cm³/mol. The lowest BCUT2D eigenvalue weighted by atomic mass is 10.1. The van der Waals surface area contributed by atoms with Gasteiger partial charge < -0.3 is 14.8 Å². The van der Waals surface area contributed by atoms with E-state index in [0.717, 1.165) is 11.1 Å². The lowest BCUT2D eigenvalue weighted by Crippen LogP contribution is -2.48. The Bertz CT molecular complexity index is 1260. The molecular weight excluding hydrogens is 428 g/mol. The van der Waals surface area contributed by atoms with E-state index in [9.17, 15) is 13.2 Å². The van der Waals surface area contributed by atoms with E-state index in [1.807, 2.05) is 32.0 Å². The molecule has 0 saturated heterocycles. The molecule has 0 fully saturated rings. The maximum atomic E-state index is 13.5. The van der Waals surface area contributed by atoms with Gasteiger partial charge >= 0.3 is 0 Å². The molecule has 1 amide bonds. The van der Waals surface area contributed by atoms with Crippen LogP contribution in [0.2, 0.25) is 0 Å². The van der Waals surface area contributed by atoms with Crippen molar-refractivity contribution in [3.05, 3.63) is 77.9 Å². The lowest BCUT2D eigenvalue weighted by molar-refractivity contribution is -0.122. The largest absolute Gasteiger partial charge is 0.497 e. The van der Waals surface area contributed by atoms with Gasteiger partial charge in [0, 0.05) is 5.69 Å². The van der Waals surface area contributed by atoms with E-state index in [0.29, 0.717) is 22.9 Å². The van der Waals surface area contributed by atoms with Crippen molar-refractivity contribution in [2.45, 2.75) is 24.8 Å². The number of carbonyl (C=O) groups excluding carboxylic acids is 1. The molecule has 8 heteroatoms. The molecule has 0 saturated carbocycles. The third-order valence-electron chi connectivity index (χ3n) is 5.45. The van der Waals surface area contributed by atoms with Crippen molar-refractivity contribution < 1.29 is 22.7 Å². The van der Waals surface area contributed by atoms with Crippen LogP contribution in [-0.2, 0) is 14.8 Å². The Hall–Kier alpha value is -3.52. The third-order valence-corrected chi connectivity index (χ3v) is 7.24. The first-order chi connectivity index (χ1) is 15.3. The van der Waals surface area contributed by atoms with Crippen molar-refractivity contribution in [1.82, 2.24) is 0 Å². The van der Waals surface area contributed by atoms with Crippen LogP contribution >= 0.6 is 0 Å². The molecule has 1 N–H and O–H groups in total. The lowest BCUT2D eigenvalue weighted by Gasteiger charge is -2.34. The van der Waals surface area contributed by atoms with Gasteiger partial charge in [-0.25, -0.2) is 8.42 Å². The van der Waals surface area contributed by atoms with Gasteiger partial charge in [0.15, 0.2) is 6.10 Å². The Morgan fingerprint density at radius 3 is 2.44 bits per heavy atom. The topological polar surface area (TPSA) is 84.9 Å². The zero-order chi connectivity index (χ0) is 22.9. The maximum Gasteiger partial charge on any atom is 0.267 e. The highest BCUT2D eigenvalue weighted by molar-refractivity contribution is 7.92. The van der Waals surface area contributed by atoms with Crippen LogP contribution in [0.3, 0.4) is 0 Å². The highest BCUT2D eigenvalue weighted by Crippen LogP contribution is 2.37. The smallest absolute Gasteiger partial charge is 0.267 e. The second-order valence-electron chi connectivity index (χ2n) is 7.57. The molecule has 1 heterocycles. The average Bonchev–Trinajstić information content (AvgIpc) is 2.80. The third kappa shape index (κ3) is 4.13. The van der Waals surface area contributed by atoms with Crippen LogP contribution in [0.1, 0.15) is 11.1 Å². The van der Waals surface area contributed by atoms with E-state index >= 15 is 0 Å². The summed E-state index contributed by atoms with van der Waals surface area (Å²) in [6.45, 7) is 3.80. The highest BCUT2D eigenvalue weighted by Gasteiger charge is 2.37. The fourth-order valence-electron chi connectivity index (χ4n) is 3.48. The normalized spacial score (nSPS) is 15.5. The summed E-state index contributed by atoms with van der Waals surface area (Å²) >= 11 is 0. The first-order valence-electron chi connectivity index (χ1n) is 10.1. The molecule has 32 heavy (non-hydrogen) atoms. The van der Waals surface area contributed by atoms with Crippen molar-refractivity contribution in [2.24, 2.45) is 0 Å². The zero-order valence-corrected chi connectivity index (χ0v) is 18.8. The Labute approximate surface area is 187 Å². The molecule has 3 aromatic rings. The monoisotopic (exact) mass is 452 g/mol. The summed E-state index contributed by atoms with van der Waals surface area (Å²) < 4.78 is 39.1. The SMILES string of the molecule is COc1ccc(S(=O)(=O)N2C[C@@H](C(=O)Nc3ccc(C)c(C)c3)Oc3ccccc32)cc1. The molecule has 0 spiro atoms. The van der Waals surface area contributed by atoms with Gasteiger partial charge in [-0.15, -0.1) is 0 Å². The molecule has 0 aromatic heterocycles. The molecular formula is C24H24N2O5S. The van der Waals surface area contributed by atoms with E-state index in [-0.39, 0.29) is 11.4 Å². The van der Waals surface area contributed by atoms with E-state index < -0.39 is 22.0 Å². The first kappa shape index (κ1) is 21.7. The summed E-state index contributed by atoms with van der Waals surface area (Å²) in [5, 5.41) is 2.84. The van der Waals surface area contributed by atoms with Crippen molar-refractivity contribution in [2.75, 3.05) is 23.3 Å². The summed E-state index contributed by atoms with van der Waals surface area (Å²) in [5.74, 6) is 0.464. The number of hydrogen-bond donors (Lipinski definition) is 1. The van der Waals surface area contributed by atoms with Gasteiger partial charge in [-0.3, -0.25) is 9.10 Å². The second-order valence-corrected chi connectivity index (χ2v) is 9.44. The van der Waals surface area contributed by atoms with Crippen LogP contribution in [0.4, 0.5) is 11.4 Å². The number of rotatable bonds is 5. The minimum Gasteiger partial charge on any atom is -0.497 e. The molecule has 166 valence electrons. The van der Waals surface area contributed by atoms with E-state index in [2.05, 4.69) is 5.32 Å². The summed E-state index contributed by atoms with van der Waals surface area (Å²) in [7, 11) is -2.42. The van der Waals surface area contributed by atoms with Crippen molar-refractivity contribution in [3.63, 3.8) is 0 Å². The first-order valence-corrected chi connectivity index (χ1v) is 11.5. The number of benzene rings is 3.